The zero-order chi connectivity index (χ0) is 25.4. The molecule has 9 heteroatoms. The lowest BCUT2D eigenvalue weighted by atomic mass is 9.96. The molecule has 1 aromatic heterocycles. The fourth-order valence-electron chi connectivity index (χ4n) is 4.06. The van der Waals surface area contributed by atoms with Gasteiger partial charge in [0.15, 0.2) is 9.84 Å². The van der Waals surface area contributed by atoms with Crippen molar-refractivity contribution >= 4 is 21.5 Å². The fraction of sp³-hybridized carbons (Fsp3) is 0.346. The van der Waals surface area contributed by atoms with E-state index in [4.69, 9.17) is 9.15 Å². The summed E-state index contributed by atoms with van der Waals surface area (Å²) in [7, 11) is -2.37. The van der Waals surface area contributed by atoms with Crippen LogP contribution in [0.4, 0.5) is 5.69 Å². The highest BCUT2D eigenvalue weighted by Gasteiger charge is 2.28. The summed E-state index contributed by atoms with van der Waals surface area (Å²) >= 11 is 0. The van der Waals surface area contributed by atoms with Crippen molar-refractivity contribution < 1.29 is 27.5 Å². The molecular weight excluding hydrogens is 468 g/mol. The van der Waals surface area contributed by atoms with Gasteiger partial charge in [0.1, 0.15) is 11.3 Å². The number of aromatic carboxylic acids is 1. The molecule has 2 aromatic carbocycles. The largest absolute Gasteiger partial charge is 0.495 e. The zero-order valence-corrected chi connectivity index (χ0v) is 21.1. The summed E-state index contributed by atoms with van der Waals surface area (Å²) in [4.78, 5) is 14.6. The molecule has 0 aliphatic heterocycles. The number of methoxy groups -OCH3 is 1. The molecule has 0 amide bonds. The van der Waals surface area contributed by atoms with Crippen LogP contribution in [-0.2, 0) is 15.6 Å². The summed E-state index contributed by atoms with van der Waals surface area (Å²) in [5.41, 5.74) is 1.73. The van der Waals surface area contributed by atoms with Crippen molar-refractivity contribution in [2.45, 2.75) is 30.9 Å². The van der Waals surface area contributed by atoms with E-state index in [1.165, 1.54) is 25.7 Å². The van der Waals surface area contributed by atoms with Crippen LogP contribution in [0, 0.1) is 0 Å². The lowest BCUT2D eigenvalue weighted by Gasteiger charge is -2.22. The predicted molar refractivity (Wildman–Crippen MR) is 136 cm³/mol. The van der Waals surface area contributed by atoms with Gasteiger partial charge in [-0.05, 0) is 50.3 Å². The minimum absolute atomic E-state index is 0.0594. The molecule has 0 radical (unpaired) electrons. The predicted octanol–water partition coefficient (Wildman–Crippen LogP) is 4.77. The Labute approximate surface area is 206 Å². The van der Waals surface area contributed by atoms with Gasteiger partial charge in [-0.15, -0.1) is 0 Å². The molecule has 0 fully saturated rings. The lowest BCUT2D eigenvalue weighted by molar-refractivity contribution is 0.0693. The maximum atomic E-state index is 13.4. The van der Waals surface area contributed by atoms with Crippen molar-refractivity contribution in [2.24, 2.45) is 0 Å². The second kappa shape index (κ2) is 11.9. The van der Waals surface area contributed by atoms with E-state index in [0.717, 1.165) is 26.1 Å². The average molecular weight is 501 g/mol. The second-order valence-electron chi connectivity index (χ2n) is 8.06. The van der Waals surface area contributed by atoms with Crippen LogP contribution in [0.5, 0.6) is 5.75 Å². The number of furan rings is 1. The number of carboxylic acids is 1. The summed E-state index contributed by atoms with van der Waals surface area (Å²) in [6, 6.07) is 11.3. The SMILES string of the molecule is CCN(CC)CCCNc1cc(C(=O)O)c(OC)c(-c2ccoc2)c1CS(=O)(=O)c1ccccc1. The minimum atomic E-state index is -3.74. The molecule has 0 saturated heterocycles. The summed E-state index contributed by atoms with van der Waals surface area (Å²) in [5.74, 6) is -1.42. The van der Waals surface area contributed by atoms with Crippen LogP contribution in [0.3, 0.4) is 0 Å². The van der Waals surface area contributed by atoms with Crippen molar-refractivity contribution in [1.82, 2.24) is 4.90 Å². The first-order valence-corrected chi connectivity index (χ1v) is 13.2. The van der Waals surface area contributed by atoms with Gasteiger partial charge in [-0.25, -0.2) is 13.2 Å². The Morgan fingerprint density at radius 2 is 1.86 bits per heavy atom. The molecule has 0 aliphatic carbocycles. The van der Waals surface area contributed by atoms with Crippen LogP contribution < -0.4 is 10.1 Å². The first kappa shape index (κ1) is 26.3. The van der Waals surface area contributed by atoms with Gasteiger partial charge in [-0.2, -0.15) is 0 Å². The van der Waals surface area contributed by atoms with Crippen LogP contribution in [0.1, 0.15) is 36.2 Å². The number of ether oxygens (including phenoxy) is 1. The van der Waals surface area contributed by atoms with Crippen LogP contribution in [-0.4, -0.2) is 57.7 Å². The molecule has 3 aromatic rings. The van der Waals surface area contributed by atoms with Gasteiger partial charge in [0.2, 0.25) is 0 Å². The van der Waals surface area contributed by atoms with E-state index in [-0.39, 0.29) is 22.0 Å². The Morgan fingerprint density at radius 1 is 1.14 bits per heavy atom. The zero-order valence-electron chi connectivity index (χ0n) is 20.3. The molecule has 1 heterocycles. The molecule has 0 bridgehead atoms. The van der Waals surface area contributed by atoms with Gasteiger partial charge >= 0.3 is 5.97 Å². The van der Waals surface area contributed by atoms with E-state index in [9.17, 15) is 18.3 Å². The maximum absolute atomic E-state index is 13.4. The van der Waals surface area contributed by atoms with Crippen LogP contribution in [0.2, 0.25) is 0 Å². The number of anilines is 1. The molecule has 188 valence electrons. The number of benzene rings is 2. The van der Waals surface area contributed by atoms with Crippen molar-refractivity contribution in [2.75, 3.05) is 38.6 Å². The molecule has 0 aliphatic rings. The molecule has 2 N–H and O–H groups in total. The molecule has 0 unspecified atom stereocenters. The number of carbonyl (C=O) groups is 1. The number of carboxylic acid groups (broad SMARTS) is 1. The highest BCUT2D eigenvalue weighted by molar-refractivity contribution is 7.90. The van der Waals surface area contributed by atoms with E-state index in [2.05, 4.69) is 24.1 Å². The molecule has 0 saturated carbocycles. The number of hydrogen-bond acceptors (Lipinski definition) is 7. The van der Waals surface area contributed by atoms with Crippen LogP contribution >= 0.6 is 0 Å². The van der Waals surface area contributed by atoms with E-state index in [1.54, 1.807) is 36.4 Å². The topological polar surface area (TPSA) is 109 Å². The molecule has 0 atom stereocenters. The van der Waals surface area contributed by atoms with Crippen LogP contribution in [0.15, 0.2) is 64.3 Å². The van der Waals surface area contributed by atoms with Crippen molar-refractivity contribution in [3.05, 3.63) is 66.1 Å². The average Bonchev–Trinajstić information content (AvgIpc) is 3.39. The quantitative estimate of drug-likeness (QED) is 0.323. The number of hydrogen-bond donors (Lipinski definition) is 2. The third-order valence-electron chi connectivity index (χ3n) is 5.93. The Hall–Kier alpha value is -3.30. The van der Waals surface area contributed by atoms with Gasteiger partial charge in [0.05, 0.1) is 30.3 Å². The molecule has 35 heavy (non-hydrogen) atoms. The van der Waals surface area contributed by atoms with Crippen molar-refractivity contribution in [3.8, 4) is 16.9 Å². The van der Waals surface area contributed by atoms with Gasteiger partial charge in [-0.3, -0.25) is 0 Å². The number of nitrogens with one attached hydrogen (secondary N) is 1. The van der Waals surface area contributed by atoms with Gasteiger partial charge in [0, 0.05) is 28.9 Å². The molecule has 0 spiro atoms. The van der Waals surface area contributed by atoms with E-state index >= 15 is 0 Å². The summed E-state index contributed by atoms with van der Waals surface area (Å²) < 4.78 is 37.5. The monoisotopic (exact) mass is 500 g/mol. The highest BCUT2D eigenvalue weighted by atomic mass is 32.2. The number of sulfone groups is 1. The summed E-state index contributed by atoms with van der Waals surface area (Å²) in [6.45, 7) is 7.49. The summed E-state index contributed by atoms with van der Waals surface area (Å²) in [6.07, 6.45) is 3.71. The maximum Gasteiger partial charge on any atom is 0.339 e. The molecule has 8 nitrogen and oxygen atoms in total. The Kier molecular flexibility index (Phi) is 8.95. The molecule has 3 rings (SSSR count). The van der Waals surface area contributed by atoms with E-state index < -0.39 is 15.8 Å². The summed E-state index contributed by atoms with van der Waals surface area (Å²) in [5, 5.41) is 13.2. The number of rotatable bonds is 13. The van der Waals surface area contributed by atoms with Crippen LogP contribution in [0.25, 0.3) is 11.1 Å². The Balaban J connectivity index is 2.12. The van der Waals surface area contributed by atoms with Gasteiger partial charge in [0.25, 0.3) is 0 Å². The van der Waals surface area contributed by atoms with E-state index in [0.29, 0.717) is 28.9 Å². The highest BCUT2D eigenvalue weighted by Crippen LogP contribution is 2.42. The third kappa shape index (κ3) is 6.23. The van der Waals surface area contributed by atoms with Crippen molar-refractivity contribution in [3.63, 3.8) is 0 Å². The normalized spacial score (nSPS) is 11.5. The minimum Gasteiger partial charge on any atom is -0.495 e. The Bertz CT molecular complexity index is 1220. The Morgan fingerprint density at radius 3 is 2.43 bits per heavy atom. The second-order valence-corrected chi connectivity index (χ2v) is 10.0. The van der Waals surface area contributed by atoms with Gasteiger partial charge < -0.3 is 24.5 Å². The fourth-order valence-corrected chi connectivity index (χ4v) is 5.48. The smallest absolute Gasteiger partial charge is 0.339 e. The first-order valence-electron chi connectivity index (χ1n) is 11.6. The number of nitrogens with zero attached hydrogens (tertiary/aromatic N) is 1. The standard InChI is InChI=1S/C26H32N2O6S/c1-4-28(5-2)14-9-13-27-23-16-21(26(29)30)25(33-3)24(19-12-15-34-17-19)22(23)18-35(31,32)20-10-7-6-8-11-20/h6-8,10-12,15-17,27H,4-5,9,13-14,18H2,1-3H3,(H,29,30). The molecular formula is C26H32N2O6S. The first-order chi connectivity index (χ1) is 16.8. The van der Waals surface area contributed by atoms with E-state index in [1.807, 2.05) is 0 Å². The lowest BCUT2D eigenvalue weighted by Crippen LogP contribution is -2.25. The van der Waals surface area contributed by atoms with Crippen molar-refractivity contribution in [1.29, 1.82) is 0 Å². The third-order valence-corrected chi connectivity index (χ3v) is 7.59. The van der Waals surface area contributed by atoms with Gasteiger partial charge in [-0.1, -0.05) is 32.0 Å².